The Morgan fingerprint density at radius 3 is 2.71 bits per heavy atom. The van der Waals surface area contributed by atoms with Gasteiger partial charge < -0.3 is 10.2 Å². The first-order valence-corrected chi connectivity index (χ1v) is 7.49. The van der Waals surface area contributed by atoms with Crippen LogP contribution in [0.2, 0.25) is 0 Å². The molecule has 0 saturated carbocycles. The maximum Gasteiger partial charge on any atom is 0.109 e. The van der Waals surface area contributed by atoms with Crippen LogP contribution in [-0.2, 0) is 0 Å². The molecule has 2 saturated heterocycles. The highest BCUT2D eigenvalue weighted by atomic mass is 32.1. The van der Waals surface area contributed by atoms with Crippen LogP contribution in [0.25, 0.3) is 0 Å². The minimum Gasteiger partial charge on any atom is -0.305 e. The molecule has 2 aliphatic heterocycles. The average molecular weight is 251 g/mol. The summed E-state index contributed by atoms with van der Waals surface area (Å²) >= 11 is 1.75. The molecular formula is C13H21N3S. The fourth-order valence-corrected chi connectivity index (χ4v) is 4.08. The molecule has 3 rings (SSSR count). The van der Waals surface area contributed by atoms with Gasteiger partial charge in [0.25, 0.3) is 0 Å². The Hall–Kier alpha value is -0.450. The fourth-order valence-electron chi connectivity index (χ4n) is 3.42. The van der Waals surface area contributed by atoms with Gasteiger partial charge in [-0.3, -0.25) is 0 Å². The molecule has 1 aromatic heterocycles. The molecule has 3 heterocycles. The summed E-state index contributed by atoms with van der Waals surface area (Å²) in [6, 6.07) is 2.72. The van der Waals surface area contributed by atoms with Crippen LogP contribution in [0.3, 0.4) is 0 Å². The van der Waals surface area contributed by atoms with Crippen molar-refractivity contribution in [2.45, 2.75) is 56.8 Å². The average Bonchev–Trinajstić information content (AvgIpc) is 2.88. The maximum absolute atomic E-state index is 4.40. The Bertz CT molecular complexity index is 351. The molecule has 0 amide bonds. The number of nitrogens with one attached hydrogen (secondary N) is 1. The van der Waals surface area contributed by atoms with E-state index in [1.165, 1.54) is 30.7 Å². The SMILES string of the molecule is CC(NC1CC2CCC(C1)N2C)c1nccs1. The van der Waals surface area contributed by atoms with Crippen LogP contribution in [0.1, 0.15) is 43.7 Å². The van der Waals surface area contributed by atoms with Gasteiger partial charge in [-0.2, -0.15) is 0 Å². The molecule has 2 aliphatic rings. The molecule has 94 valence electrons. The summed E-state index contributed by atoms with van der Waals surface area (Å²) in [7, 11) is 2.29. The second kappa shape index (κ2) is 4.67. The van der Waals surface area contributed by atoms with Crippen molar-refractivity contribution >= 4 is 11.3 Å². The third kappa shape index (κ3) is 2.26. The van der Waals surface area contributed by atoms with E-state index in [2.05, 4.69) is 34.6 Å². The van der Waals surface area contributed by atoms with Gasteiger partial charge in [0, 0.05) is 29.7 Å². The largest absolute Gasteiger partial charge is 0.305 e. The summed E-state index contributed by atoms with van der Waals surface area (Å²) in [6.45, 7) is 2.24. The first kappa shape index (κ1) is 11.6. The highest BCUT2D eigenvalue weighted by Crippen LogP contribution is 2.35. The Morgan fingerprint density at radius 2 is 2.12 bits per heavy atom. The second-order valence-corrected chi connectivity index (χ2v) is 6.40. The van der Waals surface area contributed by atoms with Crippen molar-refractivity contribution < 1.29 is 0 Å². The van der Waals surface area contributed by atoms with Gasteiger partial charge in [-0.15, -0.1) is 11.3 Å². The molecule has 0 spiro atoms. The molecule has 1 N–H and O–H groups in total. The van der Waals surface area contributed by atoms with Gasteiger partial charge in [-0.25, -0.2) is 4.98 Å². The van der Waals surface area contributed by atoms with E-state index in [1.54, 1.807) is 11.3 Å². The zero-order valence-corrected chi connectivity index (χ0v) is 11.4. The van der Waals surface area contributed by atoms with E-state index in [9.17, 15) is 0 Å². The predicted octanol–water partition coefficient (Wildman–Crippen LogP) is 2.42. The number of fused-ring (bicyclic) bond motifs is 2. The molecule has 0 aliphatic carbocycles. The van der Waals surface area contributed by atoms with Crippen molar-refractivity contribution in [1.82, 2.24) is 15.2 Å². The molecule has 17 heavy (non-hydrogen) atoms. The highest BCUT2D eigenvalue weighted by Gasteiger charge is 2.38. The number of piperidine rings is 1. The summed E-state index contributed by atoms with van der Waals surface area (Å²) < 4.78 is 0. The lowest BCUT2D eigenvalue weighted by Gasteiger charge is -2.37. The number of rotatable bonds is 3. The van der Waals surface area contributed by atoms with Gasteiger partial charge in [0.2, 0.25) is 0 Å². The van der Waals surface area contributed by atoms with E-state index in [4.69, 9.17) is 0 Å². The van der Waals surface area contributed by atoms with E-state index in [0.717, 1.165) is 12.1 Å². The zero-order valence-electron chi connectivity index (χ0n) is 10.6. The van der Waals surface area contributed by atoms with Crippen LogP contribution in [-0.4, -0.2) is 35.1 Å². The van der Waals surface area contributed by atoms with Gasteiger partial charge >= 0.3 is 0 Å². The summed E-state index contributed by atoms with van der Waals surface area (Å²) in [5, 5.41) is 7.04. The van der Waals surface area contributed by atoms with E-state index in [0.29, 0.717) is 12.1 Å². The predicted molar refractivity (Wildman–Crippen MR) is 71.3 cm³/mol. The lowest BCUT2D eigenvalue weighted by atomic mass is 9.97. The molecular weight excluding hydrogens is 230 g/mol. The summed E-state index contributed by atoms with van der Waals surface area (Å²) in [4.78, 5) is 6.99. The van der Waals surface area contributed by atoms with Crippen molar-refractivity contribution in [3.05, 3.63) is 16.6 Å². The Morgan fingerprint density at radius 1 is 1.41 bits per heavy atom. The van der Waals surface area contributed by atoms with Crippen molar-refractivity contribution in [2.75, 3.05) is 7.05 Å². The minimum absolute atomic E-state index is 0.405. The number of thiazole rings is 1. The van der Waals surface area contributed by atoms with Crippen molar-refractivity contribution in [3.8, 4) is 0 Å². The summed E-state index contributed by atoms with van der Waals surface area (Å²) in [5.74, 6) is 0. The van der Waals surface area contributed by atoms with Crippen LogP contribution in [0.5, 0.6) is 0 Å². The molecule has 4 heteroatoms. The van der Waals surface area contributed by atoms with Crippen molar-refractivity contribution in [3.63, 3.8) is 0 Å². The summed E-state index contributed by atoms with van der Waals surface area (Å²) in [6.07, 6.45) is 7.30. The van der Waals surface area contributed by atoms with Crippen molar-refractivity contribution in [2.24, 2.45) is 0 Å². The number of hydrogen-bond donors (Lipinski definition) is 1. The molecule has 3 nitrogen and oxygen atoms in total. The monoisotopic (exact) mass is 251 g/mol. The minimum atomic E-state index is 0.405. The van der Waals surface area contributed by atoms with E-state index < -0.39 is 0 Å². The van der Waals surface area contributed by atoms with Crippen molar-refractivity contribution in [1.29, 1.82) is 0 Å². The number of aromatic nitrogens is 1. The Balaban J connectivity index is 1.60. The quantitative estimate of drug-likeness (QED) is 0.894. The standard InChI is InChI=1S/C13H21N3S/c1-9(13-14-5-6-17-13)15-10-7-11-3-4-12(8-10)16(11)2/h5-6,9-12,15H,3-4,7-8H2,1-2H3. The third-order valence-corrected chi connectivity index (χ3v) is 5.36. The van der Waals surface area contributed by atoms with Crippen LogP contribution in [0.4, 0.5) is 0 Å². The molecule has 0 radical (unpaired) electrons. The molecule has 3 atom stereocenters. The molecule has 1 aromatic rings. The van der Waals surface area contributed by atoms with Gasteiger partial charge in [0.05, 0.1) is 6.04 Å². The van der Waals surface area contributed by atoms with Crippen LogP contribution in [0, 0.1) is 0 Å². The van der Waals surface area contributed by atoms with Crippen LogP contribution < -0.4 is 5.32 Å². The molecule has 2 bridgehead atoms. The Kier molecular flexibility index (Phi) is 3.19. The first-order chi connectivity index (χ1) is 8.24. The van der Waals surface area contributed by atoms with Crippen LogP contribution in [0.15, 0.2) is 11.6 Å². The molecule has 3 unspecified atom stereocenters. The zero-order chi connectivity index (χ0) is 11.8. The van der Waals surface area contributed by atoms with E-state index in [1.807, 2.05) is 6.20 Å². The van der Waals surface area contributed by atoms with E-state index in [-0.39, 0.29) is 0 Å². The van der Waals surface area contributed by atoms with Crippen LogP contribution >= 0.6 is 11.3 Å². The summed E-state index contributed by atoms with van der Waals surface area (Å²) in [5.41, 5.74) is 0. The fraction of sp³-hybridized carbons (Fsp3) is 0.769. The van der Waals surface area contributed by atoms with Gasteiger partial charge in [0.1, 0.15) is 5.01 Å². The molecule has 0 aromatic carbocycles. The maximum atomic E-state index is 4.40. The smallest absolute Gasteiger partial charge is 0.109 e. The topological polar surface area (TPSA) is 28.2 Å². The van der Waals surface area contributed by atoms with E-state index >= 15 is 0 Å². The third-order valence-electron chi connectivity index (χ3n) is 4.41. The second-order valence-electron chi connectivity index (χ2n) is 5.48. The number of nitrogens with zero attached hydrogens (tertiary/aromatic N) is 2. The van der Waals surface area contributed by atoms with Gasteiger partial charge in [-0.1, -0.05) is 0 Å². The molecule has 2 fully saturated rings. The normalized spacial score (nSPS) is 35.1. The Labute approximate surface area is 107 Å². The first-order valence-electron chi connectivity index (χ1n) is 6.61. The lowest BCUT2D eigenvalue weighted by molar-refractivity contribution is 0.144. The van der Waals surface area contributed by atoms with Gasteiger partial charge in [0.15, 0.2) is 0 Å². The lowest BCUT2D eigenvalue weighted by Crippen LogP contribution is -2.47. The highest BCUT2D eigenvalue weighted by molar-refractivity contribution is 7.09. The number of hydrogen-bond acceptors (Lipinski definition) is 4. The van der Waals surface area contributed by atoms with Gasteiger partial charge in [-0.05, 0) is 39.7 Å².